The number of rotatable bonds is 15. The SMILES string of the molecule is CCCCCC(C)(O)/C=C/C1CC(C(=O)O)C(=O)C1(C/C=C/CCCC(=O)OCC)C(=O)O. The van der Waals surface area contributed by atoms with E-state index >= 15 is 0 Å². The molecule has 0 amide bonds. The summed E-state index contributed by atoms with van der Waals surface area (Å²) in [6.07, 6.45) is 10.5. The van der Waals surface area contributed by atoms with E-state index in [1.807, 2.05) is 6.92 Å². The van der Waals surface area contributed by atoms with Crippen LogP contribution in [0.4, 0.5) is 0 Å². The van der Waals surface area contributed by atoms with Gasteiger partial charge in [0.1, 0.15) is 11.3 Å². The second-order valence-electron chi connectivity index (χ2n) is 8.92. The fourth-order valence-electron chi connectivity index (χ4n) is 4.24. The first-order chi connectivity index (χ1) is 15.5. The number of esters is 1. The van der Waals surface area contributed by atoms with Crippen LogP contribution < -0.4 is 0 Å². The monoisotopic (exact) mass is 466 g/mol. The average Bonchev–Trinajstić information content (AvgIpc) is 3.02. The lowest BCUT2D eigenvalue weighted by Crippen LogP contribution is -2.42. The summed E-state index contributed by atoms with van der Waals surface area (Å²) in [5, 5.41) is 30.1. The molecule has 1 rings (SSSR count). The number of allylic oxidation sites excluding steroid dienone is 3. The quantitative estimate of drug-likeness (QED) is 0.143. The lowest BCUT2D eigenvalue weighted by Gasteiger charge is -2.28. The number of carboxylic acids is 2. The van der Waals surface area contributed by atoms with E-state index in [0.717, 1.165) is 19.3 Å². The number of ketones is 1. The van der Waals surface area contributed by atoms with Crippen molar-refractivity contribution in [1.29, 1.82) is 0 Å². The Labute approximate surface area is 195 Å². The van der Waals surface area contributed by atoms with Crippen molar-refractivity contribution in [2.45, 2.75) is 84.2 Å². The number of aliphatic carboxylic acids is 2. The number of hydrogen-bond acceptors (Lipinski definition) is 6. The summed E-state index contributed by atoms with van der Waals surface area (Å²) < 4.78 is 4.86. The molecule has 0 saturated heterocycles. The van der Waals surface area contributed by atoms with Crippen LogP contribution in [0.25, 0.3) is 0 Å². The number of carbonyl (C=O) groups is 4. The fourth-order valence-corrected chi connectivity index (χ4v) is 4.24. The second-order valence-corrected chi connectivity index (χ2v) is 8.92. The maximum atomic E-state index is 13.0. The first-order valence-electron chi connectivity index (χ1n) is 11.7. The summed E-state index contributed by atoms with van der Waals surface area (Å²) in [5.41, 5.74) is -3.08. The van der Waals surface area contributed by atoms with Crippen LogP contribution in [0.2, 0.25) is 0 Å². The maximum Gasteiger partial charge on any atom is 0.318 e. The highest BCUT2D eigenvalue weighted by Gasteiger charge is 2.60. The largest absolute Gasteiger partial charge is 0.481 e. The second kappa shape index (κ2) is 13.3. The molecule has 186 valence electrons. The molecule has 1 aliphatic carbocycles. The molecular formula is C25H38O8. The van der Waals surface area contributed by atoms with Crippen LogP contribution in [0.3, 0.4) is 0 Å². The smallest absolute Gasteiger partial charge is 0.318 e. The van der Waals surface area contributed by atoms with Crippen molar-refractivity contribution in [3.63, 3.8) is 0 Å². The molecule has 0 aliphatic heterocycles. The van der Waals surface area contributed by atoms with E-state index in [4.69, 9.17) is 4.74 Å². The Bertz CT molecular complexity index is 752. The van der Waals surface area contributed by atoms with Gasteiger partial charge in [-0.15, -0.1) is 0 Å². The molecule has 4 atom stereocenters. The van der Waals surface area contributed by atoms with Gasteiger partial charge in [-0.3, -0.25) is 19.2 Å². The highest BCUT2D eigenvalue weighted by molar-refractivity contribution is 6.13. The van der Waals surface area contributed by atoms with Crippen molar-refractivity contribution >= 4 is 23.7 Å². The van der Waals surface area contributed by atoms with Gasteiger partial charge in [-0.2, -0.15) is 0 Å². The van der Waals surface area contributed by atoms with Crippen LogP contribution >= 0.6 is 0 Å². The lowest BCUT2D eigenvalue weighted by atomic mass is 9.73. The molecule has 33 heavy (non-hydrogen) atoms. The van der Waals surface area contributed by atoms with Gasteiger partial charge in [0, 0.05) is 12.3 Å². The number of unbranched alkanes of at least 4 members (excludes halogenated alkanes) is 3. The summed E-state index contributed by atoms with van der Waals surface area (Å²) in [6, 6.07) is 0. The molecule has 0 aromatic heterocycles. The Morgan fingerprint density at radius 1 is 1.15 bits per heavy atom. The highest BCUT2D eigenvalue weighted by Crippen LogP contribution is 2.48. The fraction of sp³-hybridized carbons (Fsp3) is 0.680. The third kappa shape index (κ3) is 8.11. The summed E-state index contributed by atoms with van der Waals surface area (Å²) in [7, 11) is 0. The first kappa shape index (κ1) is 28.6. The molecule has 0 spiro atoms. The summed E-state index contributed by atoms with van der Waals surface area (Å²) >= 11 is 0. The lowest BCUT2D eigenvalue weighted by molar-refractivity contribution is -0.156. The topological polar surface area (TPSA) is 138 Å². The Hall–Kier alpha value is -2.48. The number of hydrogen-bond donors (Lipinski definition) is 3. The van der Waals surface area contributed by atoms with Gasteiger partial charge in [0.05, 0.1) is 12.2 Å². The summed E-state index contributed by atoms with van der Waals surface area (Å²) in [4.78, 5) is 48.3. The van der Waals surface area contributed by atoms with Gasteiger partial charge < -0.3 is 20.1 Å². The van der Waals surface area contributed by atoms with Gasteiger partial charge in [-0.05, 0) is 46.0 Å². The van der Waals surface area contributed by atoms with E-state index in [9.17, 15) is 34.5 Å². The Morgan fingerprint density at radius 3 is 2.42 bits per heavy atom. The van der Waals surface area contributed by atoms with Crippen molar-refractivity contribution in [1.82, 2.24) is 0 Å². The van der Waals surface area contributed by atoms with Crippen molar-refractivity contribution in [3.8, 4) is 0 Å². The van der Waals surface area contributed by atoms with Gasteiger partial charge >= 0.3 is 17.9 Å². The summed E-state index contributed by atoms with van der Waals surface area (Å²) in [6.45, 7) is 5.70. The number of carboxylic acid groups (broad SMARTS) is 2. The molecule has 0 aromatic rings. The number of Topliss-reactive ketones (excluding diaryl/α,β-unsaturated/α-hetero) is 1. The normalized spacial score (nSPS) is 24.9. The predicted molar refractivity (Wildman–Crippen MR) is 122 cm³/mol. The molecule has 0 aromatic carbocycles. The zero-order valence-corrected chi connectivity index (χ0v) is 19.9. The van der Waals surface area contributed by atoms with Gasteiger partial charge in [-0.25, -0.2) is 0 Å². The molecular weight excluding hydrogens is 428 g/mol. The van der Waals surface area contributed by atoms with Gasteiger partial charge in [0.25, 0.3) is 0 Å². The molecule has 8 nitrogen and oxygen atoms in total. The minimum atomic E-state index is -1.91. The molecule has 0 heterocycles. The van der Waals surface area contributed by atoms with Crippen LogP contribution in [-0.4, -0.2) is 51.2 Å². The van der Waals surface area contributed by atoms with Crippen molar-refractivity contribution in [2.24, 2.45) is 17.3 Å². The third-order valence-electron chi connectivity index (χ3n) is 6.20. The molecule has 1 saturated carbocycles. The maximum absolute atomic E-state index is 13.0. The minimum absolute atomic E-state index is 0.126. The number of ether oxygens (including phenoxy) is 1. The highest BCUT2D eigenvalue weighted by atomic mass is 16.5. The Balaban J connectivity index is 3.02. The molecule has 8 heteroatoms. The van der Waals surface area contributed by atoms with Crippen molar-refractivity contribution in [2.75, 3.05) is 6.61 Å². The van der Waals surface area contributed by atoms with Crippen molar-refractivity contribution in [3.05, 3.63) is 24.3 Å². The molecule has 1 fully saturated rings. The Kier molecular flexibility index (Phi) is 11.5. The van der Waals surface area contributed by atoms with Crippen LogP contribution in [0.15, 0.2) is 24.3 Å². The van der Waals surface area contributed by atoms with Crippen LogP contribution in [0, 0.1) is 17.3 Å². The predicted octanol–water partition coefficient (Wildman–Crippen LogP) is 3.91. The third-order valence-corrected chi connectivity index (χ3v) is 6.20. The minimum Gasteiger partial charge on any atom is -0.481 e. The standard InChI is InChI=1S/C25H38O8/c1-4-6-10-14-24(3,32)16-13-18-17-19(22(28)29)21(27)25(18,23(30)31)15-11-8-7-9-12-20(26)33-5-2/h8,11,13,16,18-19,32H,4-7,9-10,12,14-15,17H2,1-3H3,(H,28,29)(H,30,31)/b11-8+,16-13+. The van der Waals surface area contributed by atoms with Crippen LogP contribution in [-0.2, 0) is 23.9 Å². The Morgan fingerprint density at radius 2 is 1.85 bits per heavy atom. The van der Waals surface area contributed by atoms with Gasteiger partial charge in [0.15, 0.2) is 5.78 Å². The number of aliphatic hydroxyl groups is 1. The van der Waals surface area contributed by atoms with E-state index in [1.165, 1.54) is 12.2 Å². The zero-order valence-electron chi connectivity index (χ0n) is 19.9. The van der Waals surface area contributed by atoms with E-state index in [-0.39, 0.29) is 25.2 Å². The summed E-state index contributed by atoms with van der Waals surface area (Å²) in [5.74, 6) is -6.09. The molecule has 0 radical (unpaired) electrons. The van der Waals surface area contributed by atoms with E-state index in [1.54, 1.807) is 26.0 Å². The van der Waals surface area contributed by atoms with E-state index < -0.39 is 40.6 Å². The molecule has 1 aliphatic rings. The van der Waals surface area contributed by atoms with Crippen molar-refractivity contribution < 1.29 is 39.2 Å². The molecule has 0 bridgehead atoms. The van der Waals surface area contributed by atoms with Crippen LogP contribution in [0.1, 0.15) is 78.6 Å². The molecule has 3 N–H and O–H groups in total. The van der Waals surface area contributed by atoms with E-state index in [2.05, 4.69) is 0 Å². The average molecular weight is 467 g/mol. The van der Waals surface area contributed by atoms with Crippen LogP contribution in [0.5, 0.6) is 0 Å². The zero-order chi connectivity index (χ0) is 25.1. The van der Waals surface area contributed by atoms with Gasteiger partial charge in [0.2, 0.25) is 0 Å². The first-order valence-corrected chi connectivity index (χ1v) is 11.7. The number of carbonyl (C=O) groups excluding carboxylic acids is 2. The van der Waals surface area contributed by atoms with Gasteiger partial charge in [-0.1, -0.05) is 50.5 Å². The van der Waals surface area contributed by atoms with E-state index in [0.29, 0.717) is 25.9 Å². The molecule has 4 unspecified atom stereocenters.